The van der Waals surface area contributed by atoms with Crippen molar-refractivity contribution in [3.63, 3.8) is 0 Å². The molecule has 0 aliphatic rings. The van der Waals surface area contributed by atoms with E-state index in [1.165, 1.54) is 93.2 Å². The largest absolute Gasteiger partial charge is 0.309 e. The summed E-state index contributed by atoms with van der Waals surface area (Å²) in [6, 6.07) is 68.7. The van der Waals surface area contributed by atoms with Gasteiger partial charge < -0.3 is 4.57 Å². The topological polar surface area (TPSA) is 4.93 Å². The first-order valence-electron chi connectivity index (χ1n) is 16.9. The summed E-state index contributed by atoms with van der Waals surface area (Å²) in [4.78, 5) is 0. The molecule has 0 bridgehead atoms. The zero-order valence-electron chi connectivity index (χ0n) is 26.8. The lowest BCUT2D eigenvalue weighted by atomic mass is 9.89. The van der Waals surface area contributed by atoms with Crippen LogP contribution < -0.4 is 0 Å². The highest BCUT2D eigenvalue weighted by Crippen LogP contribution is 2.42. The predicted octanol–water partition coefficient (Wildman–Crippen LogP) is 13.2. The van der Waals surface area contributed by atoms with Gasteiger partial charge >= 0.3 is 0 Å². The maximum Gasteiger partial charge on any atom is 0.0547 e. The smallest absolute Gasteiger partial charge is 0.0547 e. The van der Waals surface area contributed by atoms with Gasteiger partial charge in [-0.3, -0.25) is 0 Å². The van der Waals surface area contributed by atoms with Gasteiger partial charge in [0, 0.05) is 16.3 Å². The number of rotatable bonds is 4. The Labute approximate surface area is 284 Å². The summed E-state index contributed by atoms with van der Waals surface area (Å²) in [6.07, 6.45) is 0. The van der Waals surface area contributed by atoms with Gasteiger partial charge in [-0.05, 0) is 84.4 Å². The van der Waals surface area contributed by atoms with E-state index in [4.69, 9.17) is 0 Å². The molecule has 0 saturated carbocycles. The summed E-state index contributed by atoms with van der Waals surface area (Å²) in [5.74, 6) is 0. The van der Waals surface area contributed by atoms with Crippen LogP contribution in [0, 0.1) is 0 Å². The predicted molar refractivity (Wildman–Crippen MR) is 210 cm³/mol. The Balaban J connectivity index is 1.22. The van der Waals surface area contributed by atoms with Crippen molar-refractivity contribution >= 4 is 54.1 Å². The Kier molecular flexibility index (Phi) is 6.25. The van der Waals surface area contributed by atoms with Gasteiger partial charge in [0.15, 0.2) is 0 Å². The molecule has 0 saturated heterocycles. The highest BCUT2D eigenvalue weighted by Gasteiger charge is 2.18. The first-order chi connectivity index (χ1) is 24.3. The summed E-state index contributed by atoms with van der Waals surface area (Å²) in [5, 5.41) is 10.3. The molecule has 228 valence electrons. The van der Waals surface area contributed by atoms with Gasteiger partial charge in [0.1, 0.15) is 0 Å². The van der Waals surface area contributed by atoms with E-state index in [1.807, 2.05) is 0 Å². The molecule has 10 rings (SSSR count). The van der Waals surface area contributed by atoms with Crippen LogP contribution in [0.5, 0.6) is 0 Å². The zero-order valence-corrected chi connectivity index (χ0v) is 26.8. The van der Waals surface area contributed by atoms with Crippen LogP contribution in [-0.4, -0.2) is 4.57 Å². The van der Waals surface area contributed by atoms with E-state index in [0.717, 1.165) is 0 Å². The highest BCUT2D eigenvalue weighted by molar-refractivity contribution is 6.25. The van der Waals surface area contributed by atoms with Crippen LogP contribution in [0.4, 0.5) is 0 Å². The summed E-state index contributed by atoms with van der Waals surface area (Å²) < 4.78 is 2.46. The molecule has 0 amide bonds. The van der Waals surface area contributed by atoms with Crippen molar-refractivity contribution in [3.8, 4) is 39.1 Å². The van der Waals surface area contributed by atoms with Crippen molar-refractivity contribution in [2.24, 2.45) is 0 Å². The molecular weight excluding hydrogens is 591 g/mol. The van der Waals surface area contributed by atoms with E-state index in [-0.39, 0.29) is 0 Å². The lowest BCUT2D eigenvalue weighted by Crippen LogP contribution is -1.98. The molecule has 0 radical (unpaired) electrons. The van der Waals surface area contributed by atoms with Gasteiger partial charge in [-0.25, -0.2) is 0 Å². The fraction of sp³-hybridized carbons (Fsp3) is 0. The molecule has 1 nitrogen and oxygen atoms in total. The number of hydrogen-bond acceptors (Lipinski definition) is 0. The number of benzene rings is 9. The number of nitrogens with zero attached hydrogens (tertiary/aromatic N) is 1. The minimum Gasteiger partial charge on any atom is -0.309 e. The molecule has 1 heterocycles. The molecule has 0 atom stereocenters. The molecule has 49 heavy (non-hydrogen) atoms. The quantitative estimate of drug-likeness (QED) is 0.172. The zero-order chi connectivity index (χ0) is 32.3. The summed E-state index contributed by atoms with van der Waals surface area (Å²) in [5.41, 5.74) is 10.9. The third-order valence-corrected chi connectivity index (χ3v) is 10.2. The van der Waals surface area contributed by atoms with Crippen molar-refractivity contribution in [3.05, 3.63) is 188 Å². The lowest BCUT2D eigenvalue weighted by molar-refractivity contribution is 1.18. The SMILES string of the molecule is c1ccc(-c2ccc3c4ccccc4n(-c4ccccc4-c4ccccc4-c4ccc5c6ccccc6c6ccccc6c5c4)c3c2)cc1. The Morgan fingerprint density at radius 3 is 1.47 bits per heavy atom. The number of fused-ring (bicyclic) bond motifs is 9. The van der Waals surface area contributed by atoms with Gasteiger partial charge in [-0.1, -0.05) is 164 Å². The second kappa shape index (κ2) is 11.1. The lowest BCUT2D eigenvalue weighted by Gasteiger charge is -2.18. The third kappa shape index (κ3) is 4.33. The van der Waals surface area contributed by atoms with E-state index in [0.29, 0.717) is 0 Å². The first-order valence-corrected chi connectivity index (χ1v) is 16.9. The molecular formula is C48H31N. The average Bonchev–Trinajstić information content (AvgIpc) is 3.51. The van der Waals surface area contributed by atoms with Crippen molar-refractivity contribution in [1.82, 2.24) is 4.57 Å². The minimum absolute atomic E-state index is 1.17. The van der Waals surface area contributed by atoms with Crippen molar-refractivity contribution in [2.45, 2.75) is 0 Å². The Hall–Kier alpha value is -6.44. The fourth-order valence-electron chi connectivity index (χ4n) is 7.98. The first kappa shape index (κ1) is 27.7. The van der Waals surface area contributed by atoms with Gasteiger partial charge in [0.2, 0.25) is 0 Å². The van der Waals surface area contributed by atoms with Crippen LogP contribution >= 0.6 is 0 Å². The van der Waals surface area contributed by atoms with Crippen molar-refractivity contribution < 1.29 is 0 Å². The summed E-state index contributed by atoms with van der Waals surface area (Å²) in [7, 11) is 0. The van der Waals surface area contributed by atoms with Gasteiger partial charge in [0.05, 0.1) is 16.7 Å². The minimum atomic E-state index is 1.17. The number of para-hydroxylation sites is 2. The van der Waals surface area contributed by atoms with Crippen LogP contribution in [0.1, 0.15) is 0 Å². The van der Waals surface area contributed by atoms with E-state index in [2.05, 4.69) is 193 Å². The number of hydrogen-bond donors (Lipinski definition) is 0. The summed E-state index contributed by atoms with van der Waals surface area (Å²) in [6.45, 7) is 0. The Morgan fingerprint density at radius 2 is 0.735 bits per heavy atom. The molecule has 0 aliphatic heterocycles. The Morgan fingerprint density at radius 1 is 0.245 bits per heavy atom. The molecule has 1 aromatic heterocycles. The fourth-order valence-corrected chi connectivity index (χ4v) is 7.98. The molecule has 0 fully saturated rings. The van der Waals surface area contributed by atoms with E-state index in [1.54, 1.807) is 0 Å². The maximum absolute atomic E-state index is 2.46. The van der Waals surface area contributed by atoms with E-state index in [9.17, 15) is 0 Å². The van der Waals surface area contributed by atoms with Crippen molar-refractivity contribution in [2.75, 3.05) is 0 Å². The normalized spacial score (nSPS) is 11.7. The van der Waals surface area contributed by atoms with Crippen molar-refractivity contribution in [1.29, 1.82) is 0 Å². The molecule has 9 aromatic carbocycles. The summed E-state index contributed by atoms with van der Waals surface area (Å²) >= 11 is 0. The van der Waals surface area contributed by atoms with Crippen LogP contribution in [0.2, 0.25) is 0 Å². The molecule has 0 aliphatic carbocycles. The molecule has 0 spiro atoms. The maximum atomic E-state index is 2.46. The van der Waals surface area contributed by atoms with Crippen LogP contribution in [0.15, 0.2) is 188 Å². The van der Waals surface area contributed by atoms with Gasteiger partial charge in [-0.15, -0.1) is 0 Å². The average molecular weight is 622 g/mol. The van der Waals surface area contributed by atoms with Crippen LogP contribution in [0.25, 0.3) is 93.2 Å². The molecule has 1 heteroatoms. The monoisotopic (exact) mass is 621 g/mol. The van der Waals surface area contributed by atoms with E-state index < -0.39 is 0 Å². The van der Waals surface area contributed by atoms with Crippen LogP contribution in [0.3, 0.4) is 0 Å². The molecule has 10 aromatic rings. The van der Waals surface area contributed by atoms with Gasteiger partial charge in [-0.2, -0.15) is 0 Å². The van der Waals surface area contributed by atoms with Crippen LogP contribution in [-0.2, 0) is 0 Å². The second-order valence-electron chi connectivity index (χ2n) is 12.9. The van der Waals surface area contributed by atoms with E-state index >= 15 is 0 Å². The molecule has 0 unspecified atom stereocenters. The van der Waals surface area contributed by atoms with Gasteiger partial charge in [0.25, 0.3) is 0 Å². The standard InChI is InChI=1S/C48H31N/c1-2-14-32(15-3-1)33-26-29-44-43-23-11-13-25-47(43)49(48(44)31-33)46-24-12-10-22-42(46)36-17-5-4-16-35(36)34-27-28-41-39-20-7-6-18-37(39)38-19-8-9-21-40(38)45(41)30-34/h1-31H. The second-order valence-corrected chi connectivity index (χ2v) is 12.9. The molecule has 0 N–H and O–H groups in total. The number of aromatic nitrogens is 1. The Bertz CT molecular complexity index is 2840. The third-order valence-electron chi connectivity index (χ3n) is 10.2. The highest BCUT2D eigenvalue weighted by atomic mass is 15.0.